The van der Waals surface area contributed by atoms with E-state index in [0.717, 1.165) is 5.69 Å². The number of aryl methyl sites for hydroxylation is 1. The zero-order chi connectivity index (χ0) is 16.6. The van der Waals surface area contributed by atoms with Crippen LogP contribution in [-0.2, 0) is 4.74 Å². The van der Waals surface area contributed by atoms with E-state index in [-0.39, 0.29) is 24.0 Å². The fourth-order valence-corrected chi connectivity index (χ4v) is 1.61. The lowest BCUT2D eigenvalue weighted by atomic mass is 10.2. The minimum atomic E-state index is -0.482. The van der Waals surface area contributed by atoms with Crippen molar-refractivity contribution in [3.05, 3.63) is 29.8 Å². The normalized spacial score (nSPS) is 11.4. The molecule has 7 heteroatoms. The summed E-state index contributed by atoms with van der Waals surface area (Å²) in [5.41, 5.74) is 7.41. The summed E-state index contributed by atoms with van der Waals surface area (Å²) >= 11 is 0. The molecule has 23 heavy (non-hydrogen) atoms. The topological polar surface area (TPSA) is 88.7 Å². The van der Waals surface area contributed by atoms with Crippen molar-refractivity contribution in [1.82, 2.24) is 5.32 Å². The van der Waals surface area contributed by atoms with Crippen LogP contribution in [0.1, 0.15) is 32.8 Å². The first-order valence-corrected chi connectivity index (χ1v) is 7.37. The lowest BCUT2D eigenvalue weighted by Crippen LogP contribution is -2.33. The maximum absolute atomic E-state index is 11.4. The molecule has 0 spiro atoms. The van der Waals surface area contributed by atoms with Crippen LogP contribution in [0, 0.1) is 6.92 Å². The van der Waals surface area contributed by atoms with Crippen molar-refractivity contribution in [3.8, 4) is 0 Å². The van der Waals surface area contributed by atoms with E-state index in [4.69, 9.17) is 10.5 Å². The average molecular weight is 434 g/mol. The van der Waals surface area contributed by atoms with Gasteiger partial charge in [-0.3, -0.25) is 4.99 Å². The molecule has 0 aliphatic heterocycles. The van der Waals surface area contributed by atoms with Gasteiger partial charge in [-0.25, -0.2) is 4.79 Å². The van der Waals surface area contributed by atoms with Crippen LogP contribution >= 0.6 is 24.0 Å². The Morgan fingerprint density at radius 1 is 1.26 bits per heavy atom. The van der Waals surface area contributed by atoms with Gasteiger partial charge in [0.2, 0.25) is 0 Å². The van der Waals surface area contributed by atoms with Gasteiger partial charge in [-0.15, -0.1) is 24.0 Å². The van der Waals surface area contributed by atoms with Gasteiger partial charge in [0.25, 0.3) is 0 Å². The maximum Gasteiger partial charge on any atom is 0.407 e. The molecule has 130 valence electrons. The molecule has 0 atom stereocenters. The Balaban J connectivity index is 0.00000484. The summed E-state index contributed by atoms with van der Waals surface area (Å²) in [7, 11) is 0. The van der Waals surface area contributed by atoms with Crippen molar-refractivity contribution in [2.45, 2.75) is 39.7 Å². The number of carbonyl (C=O) groups excluding carboxylic acids is 1. The fraction of sp³-hybridized carbons (Fsp3) is 0.500. The van der Waals surface area contributed by atoms with Crippen molar-refractivity contribution in [2.75, 3.05) is 18.4 Å². The summed E-state index contributed by atoms with van der Waals surface area (Å²) < 4.78 is 5.13. The van der Waals surface area contributed by atoms with Gasteiger partial charge < -0.3 is 21.1 Å². The number of hydrogen-bond acceptors (Lipinski definition) is 3. The van der Waals surface area contributed by atoms with Crippen LogP contribution in [0.5, 0.6) is 0 Å². The van der Waals surface area contributed by atoms with Crippen LogP contribution in [0.25, 0.3) is 0 Å². The van der Waals surface area contributed by atoms with Crippen LogP contribution in [0.15, 0.2) is 29.3 Å². The highest BCUT2D eigenvalue weighted by molar-refractivity contribution is 14.0. The van der Waals surface area contributed by atoms with Gasteiger partial charge in [0.15, 0.2) is 5.96 Å². The second kappa shape index (κ2) is 10.3. The predicted octanol–water partition coefficient (Wildman–Crippen LogP) is 3.25. The van der Waals surface area contributed by atoms with Crippen molar-refractivity contribution in [1.29, 1.82) is 0 Å². The molecule has 0 radical (unpaired) electrons. The number of alkyl carbamates (subject to hydrolysis) is 1. The second-order valence-electron chi connectivity index (χ2n) is 6.04. The third kappa shape index (κ3) is 10.8. The average Bonchev–Trinajstić information content (AvgIpc) is 2.39. The molecule has 0 saturated carbocycles. The molecular weight excluding hydrogens is 407 g/mol. The number of amides is 1. The molecule has 0 unspecified atom stereocenters. The molecule has 0 heterocycles. The van der Waals surface area contributed by atoms with Crippen molar-refractivity contribution in [3.63, 3.8) is 0 Å². The van der Waals surface area contributed by atoms with Crippen LogP contribution in [-0.4, -0.2) is 30.7 Å². The number of halogens is 1. The summed E-state index contributed by atoms with van der Waals surface area (Å²) in [4.78, 5) is 15.6. The van der Waals surface area contributed by atoms with Crippen molar-refractivity contribution >= 4 is 41.7 Å². The van der Waals surface area contributed by atoms with E-state index in [1.807, 2.05) is 52.0 Å². The van der Waals surface area contributed by atoms with Crippen LogP contribution in [0.4, 0.5) is 10.5 Å². The van der Waals surface area contributed by atoms with E-state index in [2.05, 4.69) is 15.6 Å². The maximum atomic E-state index is 11.4. The molecule has 1 amide bonds. The molecule has 0 aromatic heterocycles. The monoisotopic (exact) mass is 434 g/mol. The molecule has 0 aliphatic rings. The molecule has 0 bridgehead atoms. The van der Waals surface area contributed by atoms with Crippen LogP contribution in [0.3, 0.4) is 0 Å². The summed E-state index contributed by atoms with van der Waals surface area (Å²) in [5.74, 6) is 0.362. The molecule has 0 aliphatic carbocycles. The Morgan fingerprint density at radius 2 is 1.87 bits per heavy atom. The van der Waals surface area contributed by atoms with E-state index in [9.17, 15) is 4.79 Å². The van der Waals surface area contributed by atoms with E-state index in [0.29, 0.717) is 25.5 Å². The largest absolute Gasteiger partial charge is 0.444 e. The van der Waals surface area contributed by atoms with Gasteiger partial charge in [-0.05, 0) is 46.2 Å². The SMILES string of the molecule is Cc1ccc(NC(N)=NCCCNC(=O)OC(C)(C)C)cc1.I. The number of rotatable bonds is 5. The van der Waals surface area contributed by atoms with Crippen molar-refractivity contribution in [2.24, 2.45) is 10.7 Å². The third-order valence-electron chi connectivity index (χ3n) is 2.61. The van der Waals surface area contributed by atoms with E-state index >= 15 is 0 Å². The molecule has 4 N–H and O–H groups in total. The molecular formula is C16H27IN4O2. The lowest BCUT2D eigenvalue weighted by Gasteiger charge is -2.19. The fourth-order valence-electron chi connectivity index (χ4n) is 1.61. The summed E-state index contributed by atoms with van der Waals surface area (Å²) in [6.07, 6.45) is 0.275. The Labute approximate surface area is 155 Å². The van der Waals surface area contributed by atoms with Crippen LogP contribution in [0.2, 0.25) is 0 Å². The number of anilines is 1. The van der Waals surface area contributed by atoms with E-state index < -0.39 is 11.7 Å². The number of nitrogens with zero attached hydrogens (tertiary/aromatic N) is 1. The number of aliphatic imine (C=N–C) groups is 1. The number of hydrogen-bond donors (Lipinski definition) is 3. The van der Waals surface area contributed by atoms with Gasteiger partial charge >= 0.3 is 6.09 Å². The quantitative estimate of drug-likeness (QED) is 0.287. The van der Waals surface area contributed by atoms with Gasteiger partial charge in [0.1, 0.15) is 5.60 Å². The number of nitrogens with one attached hydrogen (secondary N) is 2. The number of benzene rings is 1. The van der Waals surface area contributed by atoms with E-state index in [1.54, 1.807) is 0 Å². The highest BCUT2D eigenvalue weighted by atomic mass is 127. The first kappa shape index (κ1) is 21.5. The Kier molecular flexibility index (Phi) is 9.62. The molecule has 0 fully saturated rings. The van der Waals surface area contributed by atoms with Gasteiger partial charge in [-0.2, -0.15) is 0 Å². The number of guanidine groups is 1. The minimum absolute atomic E-state index is 0. The second-order valence-corrected chi connectivity index (χ2v) is 6.04. The highest BCUT2D eigenvalue weighted by Crippen LogP contribution is 2.08. The molecule has 1 aromatic rings. The Hall–Kier alpha value is -1.51. The number of carbonyl (C=O) groups is 1. The summed E-state index contributed by atoms with van der Waals surface area (Å²) in [5, 5.41) is 5.69. The third-order valence-corrected chi connectivity index (χ3v) is 2.61. The number of nitrogens with two attached hydrogens (primary N) is 1. The molecule has 0 saturated heterocycles. The zero-order valence-electron chi connectivity index (χ0n) is 14.2. The van der Waals surface area contributed by atoms with Gasteiger partial charge in [0.05, 0.1) is 0 Å². The summed E-state index contributed by atoms with van der Waals surface area (Å²) in [6, 6.07) is 7.89. The first-order chi connectivity index (χ1) is 10.3. The van der Waals surface area contributed by atoms with Crippen LogP contribution < -0.4 is 16.4 Å². The molecule has 6 nitrogen and oxygen atoms in total. The molecule has 1 rings (SSSR count). The van der Waals surface area contributed by atoms with Crippen molar-refractivity contribution < 1.29 is 9.53 Å². The van der Waals surface area contributed by atoms with Gasteiger partial charge in [-0.1, -0.05) is 17.7 Å². The number of ether oxygens (including phenoxy) is 1. The zero-order valence-corrected chi connectivity index (χ0v) is 16.5. The Morgan fingerprint density at radius 3 is 2.43 bits per heavy atom. The smallest absolute Gasteiger partial charge is 0.407 e. The predicted molar refractivity (Wildman–Crippen MR) is 106 cm³/mol. The van der Waals surface area contributed by atoms with E-state index in [1.165, 1.54) is 5.56 Å². The first-order valence-electron chi connectivity index (χ1n) is 7.37. The summed E-state index contributed by atoms with van der Waals surface area (Å²) in [6.45, 7) is 8.53. The molecule has 1 aromatic carbocycles. The van der Waals surface area contributed by atoms with Gasteiger partial charge in [0, 0.05) is 18.8 Å². The lowest BCUT2D eigenvalue weighted by molar-refractivity contribution is 0.0527. The highest BCUT2D eigenvalue weighted by Gasteiger charge is 2.15. The standard InChI is InChI=1S/C16H26N4O2.HI/c1-12-6-8-13(9-7-12)20-14(17)18-10-5-11-19-15(21)22-16(2,3)4;/h6-9H,5,10-11H2,1-4H3,(H,19,21)(H3,17,18,20);1H. The Bertz CT molecular complexity index is 510. The minimum Gasteiger partial charge on any atom is -0.444 e.